The molecule has 1 unspecified atom stereocenters. The molecule has 2 fully saturated rings. The van der Waals surface area contributed by atoms with E-state index in [0.29, 0.717) is 17.2 Å². The summed E-state index contributed by atoms with van der Waals surface area (Å²) in [6.07, 6.45) is 5.37. The highest BCUT2D eigenvalue weighted by molar-refractivity contribution is 5.79. The summed E-state index contributed by atoms with van der Waals surface area (Å²) in [5, 5.41) is 0. The normalized spacial score (nSPS) is 29.4. The number of carbonyl (C=O) groups is 1. The molecule has 3 nitrogen and oxygen atoms in total. The van der Waals surface area contributed by atoms with Crippen LogP contribution >= 0.6 is 0 Å². The van der Waals surface area contributed by atoms with Crippen LogP contribution in [0.3, 0.4) is 0 Å². The molecule has 0 bridgehead atoms. The Kier molecular flexibility index (Phi) is 3.65. The van der Waals surface area contributed by atoms with Crippen LogP contribution in [0.1, 0.15) is 39.0 Å². The van der Waals surface area contributed by atoms with Crippen LogP contribution in [0.4, 0.5) is 0 Å². The van der Waals surface area contributed by atoms with Gasteiger partial charge in [-0.1, -0.05) is 0 Å². The first-order valence-electron chi connectivity index (χ1n) is 6.40. The molecule has 16 heavy (non-hydrogen) atoms. The highest BCUT2D eigenvalue weighted by atomic mass is 16.5. The third-order valence-corrected chi connectivity index (χ3v) is 4.16. The van der Waals surface area contributed by atoms with Gasteiger partial charge in [0.15, 0.2) is 0 Å². The lowest BCUT2D eigenvalue weighted by atomic mass is 9.97. The third kappa shape index (κ3) is 2.83. The maximum absolute atomic E-state index is 11.3. The van der Waals surface area contributed by atoms with Gasteiger partial charge in [-0.2, -0.15) is 0 Å². The lowest BCUT2D eigenvalue weighted by molar-refractivity contribution is -0.123. The van der Waals surface area contributed by atoms with Crippen LogP contribution in [-0.2, 0) is 9.53 Å². The van der Waals surface area contributed by atoms with Gasteiger partial charge >= 0.3 is 0 Å². The Hall–Kier alpha value is -0.410. The number of methoxy groups -OCH3 is 1. The van der Waals surface area contributed by atoms with Crippen molar-refractivity contribution in [3.05, 3.63) is 0 Å². The molecule has 1 aliphatic heterocycles. The molecule has 2 aliphatic rings. The van der Waals surface area contributed by atoms with E-state index in [2.05, 4.69) is 11.8 Å². The molecule has 1 heterocycles. The van der Waals surface area contributed by atoms with Crippen LogP contribution in [-0.4, -0.2) is 43.5 Å². The summed E-state index contributed by atoms with van der Waals surface area (Å²) in [4.78, 5) is 13.8. The number of ketones is 1. The lowest BCUT2D eigenvalue weighted by Gasteiger charge is -2.35. The van der Waals surface area contributed by atoms with Gasteiger partial charge < -0.3 is 4.74 Å². The Labute approximate surface area is 98.1 Å². The van der Waals surface area contributed by atoms with Crippen molar-refractivity contribution >= 4 is 5.78 Å². The number of piperidine rings is 1. The Morgan fingerprint density at radius 1 is 1.50 bits per heavy atom. The van der Waals surface area contributed by atoms with E-state index in [0.717, 1.165) is 26.0 Å². The van der Waals surface area contributed by atoms with Crippen LogP contribution in [0.2, 0.25) is 0 Å². The zero-order valence-corrected chi connectivity index (χ0v) is 10.5. The number of nitrogens with zero attached hydrogens (tertiary/aromatic N) is 1. The molecule has 1 atom stereocenters. The first kappa shape index (κ1) is 12.1. The molecule has 0 amide bonds. The third-order valence-electron chi connectivity index (χ3n) is 4.16. The van der Waals surface area contributed by atoms with Crippen molar-refractivity contribution in [3.63, 3.8) is 0 Å². The van der Waals surface area contributed by atoms with Crippen molar-refractivity contribution in [3.8, 4) is 0 Å². The Bertz CT molecular complexity index is 261. The van der Waals surface area contributed by atoms with E-state index in [1.807, 2.05) is 0 Å². The quantitative estimate of drug-likeness (QED) is 0.715. The van der Waals surface area contributed by atoms with Gasteiger partial charge in [0.25, 0.3) is 0 Å². The number of rotatable bonds is 5. The van der Waals surface area contributed by atoms with E-state index in [1.165, 1.54) is 25.8 Å². The molecule has 0 aromatic carbocycles. The van der Waals surface area contributed by atoms with E-state index in [1.54, 1.807) is 7.11 Å². The maximum atomic E-state index is 11.3. The summed E-state index contributed by atoms with van der Waals surface area (Å²) in [5.41, 5.74) is 0.519. The molecule has 0 aromatic rings. The lowest BCUT2D eigenvalue weighted by Crippen LogP contribution is -2.44. The molecule has 1 aliphatic carbocycles. The van der Waals surface area contributed by atoms with Crippen molar-refractivity contribution in [1.82, 2.24) is 4.90 Å². The summed E-state index contributed by atoms with van der Waals surface area (Å²) in [5.74, 6) is 0.436. The number of hydrogen-bond acceptors (Lipinski definition) is 3. The summed E-state index contributed by atoms with van der Waals surface area (Å²) >= 11 is 0. The molecule has 92 valence electrons. The predicted octanol–water partition coefficient (Wildman–Crippen LogP) is 1.86. The van der Waals surface area contributed by atoms with Crippen molar-refractivity contribution in [2.75, 3.05) is 26.8 Å². The van der Waals surface area contributed by atoms with Crippen molar-refractivity contribution in [2.24, 2.45) is 5.41 Å². The Morgan fingerprint density at radius 3 is 2.81 bits per heavy atom. The fraction of sp³-hybridized carbons (Fsp3) is 0.923. The molecule has 3 heteroatoms. The highest BCUT2D eigenvalue weighted by Gasteiger charge is 2.44. The monoisotopic (exact) mass is 225 g/mol. The number of carbonyl (C=O) groups excluding carboxylic acids is 1. The molecule has 0 spiro atoms. The summed E-state index contributed by atoms with van der Waals surface area (Å²) in [6, 6.07) is 0.446. The van der Waals surface area contributed by atoms with Gasteiger partial charge in [-0.15, -0.1) is 0 Å². The Morgan fingerprint density at radius 2 is 2.25 bits per heavy atom. The van der Waals surface area contributed by atoms with E-state index in [-0.39, 0.29) is 0 Å². The average Bonchev–Trinajstić information content (AvgIpc) is 3.00. The zero-order chi connectivity index (χ0) is 11.6. The van der Waals surface area contributed by atoms with E-state index >= 15 is 0 Å². The first-order chi connectivity index (χ1) is 7.65. The minimum atomic E-state index is 0.436. The predicted molar refractivity (Wildman–Crippen MR) is 63.4 cm³/mol. The number of likely N-dealkylation sites (tertiary alicyclic amines) is 1. The molecule has 1 saturated heterocycles. The van der Waals surface area contributed by atoms with Gasteiger partial charge in [-0.3, -0.25) is 9.69 Å². The fourth-order valence-electron chi connectivity index (χ4n) is 2.70. The second-order valence-electron chi connectivity index (χ2n) is 5.56. The molecule has 0 radical (unpaired) electrons. The summed E-state index contributed by atoms with van der Waals surface area (Å²) < 4.78 is 5.18. The molecule has 2 rings (SSSR count). The van der Waals surface area contributed by atoms with Gasteiger partial charge in [0.1, 0.15) is 5.78 Å². The highest BCUT2D eigenvalue weighted by Crippen LogP contribution is 2.49. The molecule has 0 aromatic heterocycles. The van der Waals surface area contributed by atoms with E-state index in [4.69, 9.17) is 4.74 Å². The smallest absolute Gasteiger partial charge is 0.135 e. The second kappa shape index (κ2) is 4.84. The van der Waals surface area contributed by atoms with E-state index < -0.39 is 0 Å². The number of ether oxygens (including phenoxy) is 1. The van der Waals surface area contributed by atoms with E-state index in [9.17, 15) is 4.79 Å². The summed E-state index contributed by atoms with van der Waals surface area (Å²) in [6.45, 7) is 5.20. The molecule has 1 saturated carbocycles. The molecular formula is C13H23NO2. The molecule has 0 N–H and O–H groups in total. The standard InChI is InChI=1S/C13H23NO2/c1-11-9-12(15)3-7-14(11)10-13(4-5-13)6-8-16-2/h11H,3-10H2,1-2H3. The Balaban J connectivity index is 1.82. The van der Waals surface area contributed by atoms with Gasteiger partial charge in [0, 0.05) is 45.7 Å². The molecular weight excluding hydrogens is 202 g/mol. The topological polar surface area (TPSA) is 29.5 Å². The SMILES string of the molecule is COCCC1(CN2CCC(=O)CC2C)CC1. The second-order valence-corrected chi connectivity index (χ2v) is 5.56. The van der Waals surface area contributed by atoms with Crippen molar-refractivity contribution in [2.45, 2.75) is 45.1 Å². The van der Waals surface area contributed by atoms with Crippen LogP contribution in [0.15, 0.2) is 0 Å². The van der Waals surface area contributed by atoms with Gasteiger partial charge in [0.05, 0.1) is 0 Å². The largest absolute Gasteiger partial charge is 0.385 e. The van der Waals surface area contributed by atoms with Crippen LogP contribution in [0.25, 0.3) is 0 Å². The fourth-order valence-corrected chi connectivity index (χ4v) is 2.70. The number of hydrogen-bond donors (Lipinski definition) is 0. The summed E-state index contributed by atoms with van der Waals surface area (Å²) in [7, 11) is 1.78. The minimum Gasteiger partial charge on any atom is -0.385 e. The average molecular weight is 225 g/mol. The van der Waals surface area contributed by atoms with Crippen LogP contribution in [0, 0.1) is 5.41 Å². The van der Waals surface area contributed by atoms with Crippen molar-refractivity contribution < 1.29 is 9.53 Å². The van der Waals surface area contributed by atoms with Crippen molar-refractivity contribution in [1.29, 1.82) is 0 Å². The van der Waals surface area contributed by atoms with Gasteiger partial charge in [-0.05, 0) is 31.6 Å². The van der Waals surface area contributed by atoms with Gasteiger partial charge in [0.2, 0.25) is 0 Å². The zero-order valence-electron chi connectivity index (χ0n) is 10.5. The maximum Gasteiger partial charge on any atom is 0.135 e. The number of Topliss-reactive ketones (excluding diaryl/α,β-unsaturated/α-hetero) is 1. The minimum absolute atomic E-state index is 0.436. The van der Waals surface area contributed by atoms with Crippen LogP contribution < -0.4 is 0 Å². The van der Waals surface area contributed by atoms with Gasteiger partial charge in [-0.25, -0.2) is 0 Å². The van der Waals surface area contributed by atoms with Crippen LogP contribution in [0.5, 0.6) is 0 Å². The first-order valence-corrected chi connectivity index (χ1v) is 6.40.